The van der Waals surface area contributed by atoms with Crippen molar-refractivity contribution in [2.75, 3.05) is 5.73 Å². The first-order valence-corrected chi connectivity index (χ1v) is 5.77. The average molecular weight is 239 g/mol. The normalized spacial score (nSPS) is 10.9. The Morgan fingerprint density at radius 2 is 2.12 bits per heavy atom. The predicted molar refractivity (Wildman–Crippen MR) is 61.0 cm³/mol. The maximum Gasteiger partial charge on any atom is 0.222 e. The molecule has 0 radical (unpaired) electrons. The molecule has 2 aromatic heterocycles. The smallest absolute Gasteiger partial charge is 0.222 e. The Labute approximate surface area is 97.3 Å². The van der Waals surface area contributed by atoms with Gasteiger partial charge < -0.3 is 10.2 Å². The summed E-state index contributed by atoms with van der Waals surface area (Å²) in [5.41, 5.74) is 6.50. The van der Waals surface area contributed by atoms with Crippen LogP contribution in [-0.4, -0.2) is 19.7 Å². The van der Waals surface area contributed by atoms with E-state index < -0.39 is 0 Å². The summed E-state index contributed by atoms with van der Waals surface area (Å²) in [7, 11) is 1.82. The van der Waals surface area contributed by atoms with E-state index in [1.54, 1.807) is 4.57 Å². The fourth-order valence-electron chi connectivity index (χ4n) is 1.18. The zero-order valence-electron chi connectivity index (χ0n) is 9.39. The Hall–Kier alpha value is -1.50. The second kappa shape index (κ2) is 4.17. The van der Waals surface area contributed by atoms with Crippen molar-refractivity contribution in [1.29, 1.82) is 0 Å². The summed E-state index contributed by atoms with van der Waals surface area (Å²) >= 11 is 1.50. The Morgan fingerprint density at radius 1 is 1.38 bits per heavy atom. The molecule has 0 bridgehead atoms. The number of aromatic nitrogens is 4. The Balaban J connectivity index is 2.05. The van der Waals surface area contributed by atoms with Gasteiger partial charge in [0, 0.05) is 7.05 Å². The molecule has 2 aromatic rings. The summed E-state index contributed by atoms with van der Waals surface area (Å²) < 4.78 is 7.19. The Morgan fingerprint density at radius 3 is 2.62 bits per heavy atom. The third kappa shape index (κ3) is 2.04. The van der Waals surface area contributed by atoms with Crippen LogP contribution in [0.2, 0.25) is 0 Å². The Kier molecular flexibility index (Phi) is 2.86. The zero-order chi connectivity index (χ0) is 11.7. The van der Waals surface area contributed by atoms with Crippen LogP contribution in [0.15, 0.2) is 9.57 Å². The molecule has 2 N–H and O–H groups in total. The van der Waals surface area contributed by atoms with Gasteiger partial charge >= 0.3 is 0 Å². The van der Waals surface area contributed by atoms with E-state index in [0.29, 0.717) is 17.6 Å². The standard InChI is InChI=1S/C9H13N5OS/c1-5-6(2)15-7(11-5)4-16-9-13-12-8(10)14(9)3/h4H2,1-3H3,(H2,10,12). The number of rotatable bonds is 3. The highest BCUT2D eigenvalue weighted by Gasteiger charge is 2.10. The van der Waals surface area contributed by atoms with Crippen LogP contribution in [0.3, 0.4) is 0 Å². The molecule has 0 aliphatic heterocycles. The van der Waals surface area contributed by atoms with Crippen LogP contribution in [0.5, 0.6) is 0 Å². The van der Waals surface area contributed by atoms with Crippen LogP contribution in [0.1, 0.15) is 17.3 Å². The number of oxazole rings is 1. The molecule has 0 aliphatic rings. The molecular weight excluding hydrogens is 226 g/mol. The first kappa shape index (κ1) is 11.0. The fourth-order valence-corrected chi connectivity index (χ4v) is 1.94. The lowest BCUT2D eigenvalue weighted by Crippen LogP contribution is -1.98. The molecule has 0 atom stereocenters. The van der Waals surface area contributed by atoms with Gasteiger partial charge in [0.1, 0.15) is 5.76 Å². The van der Waals surface area contributed by atoms with Gasteiger partial charge in [-0.25, -0.2) is 4.98 Å². The number of hydrogen-bond acceptors (Lipinski definition) is 6. The van der Waals surface area contributed by atoms with Gasteiger partial charge in [-0.3, -0.25) is 4.57 Å². The highest BCUT2D eigenvalue weighted by molar-refractivity contribution is 7.98. The fraction of sp³-hybridized carbons (Fsp3) is 0.444. The van der Waals surface area contributed by atoms with Crippen molar-refractivity contribution in [3.8, 4) is 0 Å². The van der Waals surface area contributed by atoms with E-state index in [1.807, 2.05) is 20.9 Å². The van der Waals surface area contributed by atoms with Crippen molar-refractivity contribution in [2.45, 2.75) is 24.8 Å². The summed E-state index contributed by atoms with van der Waals surface area (Å²) in [4.78, 5) is 4.29. The first-order chi connectivity index (χ1) is 7.58. The SMILES string of the molecule is Cc1nc(CSc2nnc(N)n2C)oc1C. The average Bonchev–Trinajstić information content (AvgIpc) is 2.72. The zero-order valence-corrected chi connectivity index (χ0v) is 10.2. The van der Waals surface area contributed by atoms with Crippen molar-refractivity contribution in [1.82, 2.24) is 19.7 Å². The lowest BCUT2D eigenvalue weighted by Gasteiger charge is -1.98. The third-order valence-electron chi connectivity index (χ3n) is 2.27. The summed E-state index contributed by atoms with van der Waals surface area (Å²) in [6, 6.07) is 0. The second-order valence-corrected chi connectivity index (χ2v) is 4.38. The Bertz CT molecular complexity index is 484. The van der Waals surface area contributed by atoms with E-state index in [9.17, 15) is 0 Å². The van der Waals surface area contributed by atoms with Crippen molar-refractivity contribution >= 4 is 17.7 Å². The molecule has 0 saturated carbocycles. The third-order valence-corrected chi connectivity index (χ3v) is 3.27. The molecule has 86 valence electrons. The van der Waals surface area contributed by atoms with Crippen LogP contribution >= 0.6 is 11.8 Å². The van der Waals surface area contributed by atoms with Crippen molar-refractivity contribution < 1.29 is 4.42 Å². The van der Waals surface area contributed by atoms with Gasteiger partial charge in [-0.05, 0) is 13.8 Å². The maximum absolute atomic E-state index is 5.57. The lowest BCUT2D eigenvalue weighted by atomic mass is 10.4. The number of aryl methyl sites for hydroxylation is 2. The monoisotopic (exact) mass is 239 g/mol. The molecule has 2 rings (SSSR count). The van der Waals surface area contributed by atoms with Crippen LogP contribution < -0.4 is 5.73 Å². The number of nitrogens with two attached hydrogens (primary N) is 1. The van der Waals surface area contributed by atoms with E-state index in [-0.39, 0.29) is 0 Å². The summed E-state index contributed by atoms with van der Waals surface area (Å²) in [6.07, 6.45) is 0. The molecular formula is C9H13N5OS. The maximum atomic E-state index is 5.57. The molecule has 0 amide bonds. The van der Waals surface area contributed by atoms with E-state index in [0.717, 1.165) is 16.6 Å². The largest absolute Gasteiger partial charge is 0.445 e. The van der Waals surface area contributed by atoms with Gasteiger partial charge in [0.2, 0.25) is 11.8 Å². The summed E-state index contributed by atoms with van der Waals surface area (Å²) in [5.74, 6) is 2.58. The molecule has 16 heavy (non-hydrogen) atoms. The van der Waals surface area contributed by atoms with Gasteiger partial charge in [0.05, 0.1) is 11.4 Å². The van der Waals surface area contributed by atoms with Crippen molar-refractivity contribution in [2.24, 2.45) is 7.05 Å². The summed E-state index contributed by atoms with van der Waals surface area (Å²) in [6.45, 7) is 3.82. The first-order valence-electron chi connectivity index (χ1n) is 4.78. The van der Waals surface area contributed by atoms with Crippen LogP contribution in [-0.2, 0) is 12.8 Å². The molecule has 6 nitrogen and oxygen atoms in total. The number of nitrogen functional groups attached to an aromatic ring is 1. The van der Waals surface area contributed by atoms with Gasteiger partial charge in [-0.15, -0.1) is 10.2 Å². The summed E-state index contributed by atoms with van der Waals surface area (Å²) in [5, 5.41) is 8.47. The number of anilines is 1. The second-order valence-electron chi connectivity index (χ2n) is 3.44. The minimum atomic E-state index is 0.405. The van der Waals surface area contributed by atoms with Gasteiger partial charge in [-0.1, -0.05) is 11.8 Å². The molecule has 0 unspecified atom stereocenters. The quantitative estimate of drug-likeness (QED) is 0.813. The highest BCUT2D eigenvalue weighted by Crippen LogP contribution is 2.22. The lowest BCUT2D eigenvalue weighted by molar-refractivity contribution is 0.489. The molecule has 0 aromatic carbocycles. The molecule has 0 fully saturated rings. The molecule has 2 heterocycles. The minimum Gasteiger partial charge on any atom is -0.445 e. The molecule has 0 spiro atoms. The predicted octanol–water partition coefficient (Wildman–Crippen LogP) is 1.29. The van der Waals surface area contributed by atoms with Crippen LogP contribution in [0.4, 0.5) is 5.95 Å². The molecule has 0 aliphatic carbocycles. The molecule has 0 saturated heterocycles. The highest BCUT2D eigenvalue weighted by atomic mass is 32.2. The van der Waals surface area contributed by atoms with Crippen molar-refractivity contribution in [3.05, 3.63) is 17.3 Å². The van der Waals surface area contributed by atoms with E-state index in [4.69, 9.17) is 10.2 Å². The molecule has 7 heteroatoms. The van der Waals surface area contributed by atoms with E-state index in [2.05, 4.69) is 15.2 Å². The van der Waals surface area contributed by atoms with E-state index in [1.165, 1.54) is 11.8 Å². The number of thioether (sulfide) groups is 1. The van der Waals surface area contributed by atoms with Crippen LogP contribution in [0.25, 0.3) is 0 Å². The number of nitrogens with zero attached hydrogens (tertiary/aromatic N) is 4. The number of hydrogen-bond donors (Lipinski definition) is 1. The van der Waals surface area contributed by atoms with E-state index >= 15 is 0 Å². The van der Waals surface area contributed by atoms with Gasteiger partial charge in [0.25, 0.3) is 0 Å². The minimum absolute atomic E-state index is 0.405. The van der Waals surface area contributed by atoms with Gasteiger partial charge in [0.15, 0.2) is 5.16 Å². The van der Waals surface area contributed by atoms with Crippen molar-refractivity contribution in [3.63, 3.8) is 0 Å². The topological polar surface area (TPSA) is 82.8 Å². The van der Waals surface area contributed by atoms with Crippen LogP contribution in [0, 0.1) is 13.8 Å². The van der Waals surface area contributed by atoms with Gasteiger partial charge in [-0.2, -0.15) is 0 Å².